The maximum absolute atomic E-state index is 4.62. The van der Waals surface area contributed by atoms with Crippen molar-refractivity contribution in [2.24, 2.45) is 4.99 Å². The van der Waals surface area contributed by atoms with Gasteiger partial charge >= 0.3 is 0 Å². The van der Waals surface area contributed by atoms with E-state index in [4.69, 9.17) is 0 Å². The lowest BCUT2D eigenvalue weighted by Crippen LogP contribution is -2.37. The van der Waals surface area contributed by atoms with Gasteiger partial charge in [0, 0.05) is 18.5 Å². The Balaban J connectivity index is 0.00000441. The number of hydrogen-bond acceptors (Lipinski definition) is 3. The van der Waals surface area contributed by atoms with Crippen molar-refractivity contribution in [1.29, 1.82) is 0 Å². The van der Waals surface area contributed by atoms with Crippen LogP contribution in [0.3, 0.4) is 0 Å². The molecule has 0 fully saturated rings. The zero-order chi connectivity index (χ0) is 15.5. The maximum atomic E-state index is 4.62. The quantitative estimate of drug-likeness (QED) is 0.258. The van der Waals surface area contributed by atoms with Gasteiger partial charge in [0.15, 0.2) is 5.96 Å². The van der Waals surface area contributed by atoms with Gasteiger partial charge in [0.25, 0.3) is 0 Å². The number of aromatic nitrogens is 1. The van der Waals surface area contributed by atoms with E-state index >= 15 is 0 Å². The van der Waals surface area contributed by atoms with Crippen LogP contribution in [0.4, 0.5) is 0 Å². The van der Waals surface area contributed by atoms with Gasteiger partial charge < -0.3 is 10.6 Å². The van der Waals surface area contributed by atoms with E-state index in [1.165, 1.54) is 31.4 Å². The molecule has 0 saturated carbocycles. The molecule has 128 valence electrons. The maximum Gasteiger partial charge on any atom is 0.191 e. The molecule has 0 radical (unpaired) electrons. The number of rotatable bonds is 9. The van der Waals surface area contributed by atoms with Gasteiger partial charge in [-0.2, -0.15) is 0 Å². The standard InChI is InChI=1S/C16H30N4S.HI/c1-5-7-8-9-10-18-16(17-6-2)19-11-15-20-14(12-21-15)13(3)4;/h12-13H,5-11H2,1-4H3,(H2,17,18,19);1H. The van der Waals surface area contributed by atoms with Crippen LogP contribution in [0.25, 0.3) is 0 Å². The summed E-state index contributed by atoms with van der Waals surface area (Å²) in [4.78, 5) is 9.24. The molecular weight excluding hydrogens is 407 g/mol. The molecule has 0 aliphatic heterocycles. The fraction of sp³-hybridized carbons (Fsp3) is 0.750. The molecule has 0 spiro atoms. The van der Waals surface area contributed by atoms with Crippen molar-refractivity contribution in [3.8, 4) is 0 Å². The predicted molar refractivity (Wildman–Crippen MR) is 109 cm³/mol. The molecule has 0 bridgehead atoms. The average Bonchev–Trinajstić information content (AvgIpc) is 2.93. The Labute approximate surface area is 156 Å². The number of nitrogens with zero attached hydrogens (tertiary/aromatic N) is 2. The second-order valence-electron chi connectivity index (χ2n) is 5.50. The monoisotopic (exact) mass is 438 g/mol. The van der Waals surface area contributed by atoms with Crippen LogP contribution in [0.5, 0.6) is 0 Å². The van der Waals surface area contributed by atoms with Gasteiger partial charge in [-0.05, 0) is 19.3 Å². The van der Waals surface area contributed by atoms with E-state index in [1.807, 2.05) is 0 Å². The summed E-state index contributed by atoms with van der Waals surface area (Å²) in [5.74, 6) is 1.39. The molecule has 1 aromatic rings. The summed E-state index contributed by atoms with van der Waals surface area (Å²) in [5, 5.41) is 9.91. The molecule has 0 aromatic carbocycles. The van der Waals surface area contributed by atoms with E-state index in [1.54, 1.807) is 11.3 Å². The Morgan fingerprint density at radius 1 is 1.23 bits per heavy atom. The number of hydrogen-bond donors (Lipinski definition) is 2. The molecule has 0 aliphatic rings. The van der Waals surface area contributed by atoms with Crippen LogP contribution in [0.15, 0.2) is 10.4 Å². The zero-order valence-electron chi connectivity index (χ0n) is 14.3. The number of unbranched alkanes of at least 4 members (excludes halogenated alkanes) is 3. The van der Waals surface area contributed by atoms with E-state index in [-0.39, 0.29) is 24.0 Å². The van der Waals surface area contributed by atoms with Crippen molar-refractivity contribution in [3.05, 3.63) is 16.1 Å². The van der Waals surface area contributed by atoms with E-state index < -0.39 is 0 Å². The molecule has 0 saturated heterocycles. The Kier molecular flexibility index (Phi) is 12.9. The van der Waals surface area contributed by atoms with Gasteiger partial charge in [0.1, 0.15) is 5.01 Å². The summed E-state index contributed by atoms with van der Waals surface area (Å²) >= 11 is 1.70. The summed E-state index contributed by atoms with van der Waals surface area (Å²) in [6.07, 6.45) is 5.07. The van der Waals surface area contributed by atoms with Gasteiger partial charge in [-0.1, -0.05) is 40.0 Å². The van der Waals surface area contributed by atoms with Gasteiger partial charge in [0.05, 0.1) is 12.2 Å². The van der Waals surface area contributed by atoms with Crippen molar-refractivity contribution in [2.75, 3.05) is 13.1 Å². The highest BCUT2D eigenvalue weighted by molar-refractivity contribution is 14.0. The number of halogens is 1. The number of nitrogens with one attached hydrogen (secondary N) is 2. The first kappa shape index (κ1) is 21.6. The van der Waals surface area contributed by atoms with Crippen molar-refractivity contribution < 1.29 is 0 Å². The molecule has 1 rings (SSSR count). The predicted octanol–water partition coefficient (Wildman–Crippen LogP) is 4.52. The summed E-state index contributed by atoms with van der Waals surface area (Å²) in [6.45, 7) is 11.2. The SMILES string of the molecule is CCCCCCNC(=NCc1nc(C(C)C)cs1)NCC.I. The topological polar surface area (TPSA) is 49.3 Å². The third-order valence-electron chi connectivity index (χ3n) is 3.20. The van der Waals surface area contributed by atoms with Crippen LogP contribution in [-0.2, 0) is 6.54 Å². The van der Waals surface area contributed by atoms with Crippen molar-refractivity contribution in [3.63, 3.8) is 0 Å². The Morgan fingerprint density at radius 2 is 2.00 bits per heavy atom. The Morgan fingerprint density at radius 3 is 2.59 bits per heavy atom. The minimum absolute atomic E-state index is 0. The van der Waals surface area contributed by atoms with Crippen molar-refractivity contribution in [2.45, 2.75) is 65.8 Å². The number of aliphatic imine (C=N–C) groups is 1. The first-order chi connectivity index (χ1) is 10.2. The molecule has 1 heterocycles. The highest BCUT2D eigenvalue weighted by Crippen LogP contribution is 2.18. The van der Waals surface area contributed by atoms with Gasteiger partial charge in [-0.25, -0.2) is 9.98 Å². The minimum atomic E-state index is 0. The lowest BCUT2D eigenvalue weighted by atomic mass is 10.2. The summed E-state index contributed by atoms with van der Waals surface area (Å²) in [6, 6.07) is 0. The van der Waals surface area contributed by atoms with Crippen LogP contribution in [0.2, 0.25) is 0 Å². The molecule has 0 atom stereocenters. The molecule has 1 aromatic heterocycles. The lowest BCUT2D eigenvalue weighted by molar-refractivity contribution is 0.647. The molecule has 0 amide bonds. The number of guanidine groups is 1. The molecule has 0 unspecified atom stereocenters. The van der Waals surface area contributed by atoms with E-state index in [0.29, 0.717) is 12.5 Å². The Hall–Kier alpha value is -0.370. The largest absolute Gasteiger partial charge is 0.357 e. The first-order valence-corrected chi connectivity index (χ1v) is 9.01. The van der Waals surface area contributed by atoms with Gasteiger partial charge in [-0.15, -0.1) is 35.3 Å². The van der Waals surface area contributed by atoms with Gasteiger partial charge in [-0.3, -0.25) is 0 Å². The van der Waals surface area contributed by atoms with E-state index in [2.05, 4.69) is 53.7 Å². The van der Waals surface area contributed by atoms with Crippen LogP contribution in [0.1, 0.15) is 70.0 Å². The normalized spacial score (nSPS) is 11.4. The molecule has 0 aliphatic carbocycles. The first-order valence-electron chi connectivity index (χ1n) is 8.13. The smallest absolute Gasteiger partial charge is 0.191 e. The van der Waals surface area contributed by atoms with E-state index in [0.717, 1.165) is 24.1 Å². The molecular formula is C16H31IN4S. The minimum Gasteiger partial charge on any atom is -0.357 e. The molecule has 6 heteroatoms. The molecule has 4 nitrogen and oxygen atoms in total. The van der Waals surface area contributed by atoms with Crippen LogP contribution >= 0.6 is 35.3 Å². The van der Waals surface area contributed by atoms with Crippen LogP contribution < -0.4 is 10.6 Å². The second kappa shape index (κ2) is 13.1. The van der Waals surface area contributed by atoms with E-state index in [9.17, 15) is 0 Å². The second-order valence-corrected chi connectivity index (χ2v) is 6.45. The van der Waals surface area contributed by atoms with Crippen molar-refractivity contribution in [1.82, 2.24) is 15.6 Å². The fourth-order valence-corrected chi connectivity index (χ4v) is 2.79. The Bertz CT molecular complexity index is 418. The fourth-order valence-electron chi connectivity index (χ4n) is 1.91. The van der Waals surface area contributed by atoms with Crippen LogP contribution in [-0.4, -0.2) is 24.0 Å². The van der Waals surface area contributed by atoms with Crippen molar-refractivity contribution >= 4 is 41.3 Å². The van der Waals surface area contributed by atoms with Gasteiger partial charge in [0.2, 0.25) is 0 Å². The van der Waals surface area contributed by atoms with Crippen LogP contribution in [0, 0.1) is 0 Å². The summed E-state index contributed by atoms with van der Waals surface area (Å²) < 4.78 is 0. The molecule has 2 N–H and O–H groups in total. The zero-order valence-corrected chi connectivity index (χ0v) is 17.5. The third-order valence-corrected chi connectivity index (χ3v) is 4.05. The summed E-state index contributed by atoms with van der Waals surface area (Å²) in [7, 11) is 0. The number of thiazole rings is 1. The third kappa shape index (κ3) is 8.92. The highest BCUT2D eigenvalue weighted by atomic mass is 127. The lowest BCUT2D eigenvalue weighted by Gasteiger charge is -2.10. The average molecular weight is 438 g/mol. The molecule has 22 heavy (non-hydrogen) atoms. The summed E-state index contributed by atoms with van der Waals surface area (Å²) in [5.41, 5.74) is 1.17. The highest BCUT2D eigenvalue weighted by Gasteiger charge is 2.05.